The van der Waals surface area contributed by atoms with Gasteiger partial charge in [0, 0.05) is 30.6 Å². The van der Waals surface area contributed by atoms with Crippen molar-refractivity contribution in [2.75, 3.05) is 18.9 Å². The third-order valence-corrected chi connectivity index (χ3v) is 6.48. The van der Waals surface area contributed by atoms with E-state index < -0.39 is 41.8 Å². The SMILES string of the molecule is Cc1cc(CN2C(=O)C3C(N=CN3CC(=O)Nc3cccc(-c4cnc(C)c(C(F)(F)F)c4)n3)N(C)C2=O)no1. The highest BCUT2D eigenvalue weighted by Crippen LogP contribution is 2.33. The van der Waals surface area contributed by atoms with Crippen LogP contribution in [-0.4, -0.2) is 79.8 Å². The molecule has 2 aliphatic heterocycles. The van der Waals surface area contributed by atoms with Gasteiger partial charge in [-0.1, -0.05) is 11.2 Å². The molecule has 40 heavy (non-hydrogen) atoms. The highest BCUT2D eigenvalue weighted by Gasteiger charge is 2.50. The maximum atomic E-state index is 13.3. The second kappa shape index (κ2) is 10.1. The van der Waals surface area contributed by atoms with Gasteiger partial charge in [0.1, 0.15) is 17.3 Å². The average Bonchev–Trinajstić information content (AvgIpc) is 3.51. The van der Waals surface area contributed by atoms with Crippen LogP contribution >= 0.6 is 0 Å². The number of aryl methyl sites for hydroxylation is 2. The van der Waals surface area contributed by atoms with Crippen molar-refractivity contribution >= 4 is 30.0 Å². The summed E-state index contributed by atoms with van der Waals surface area (Å²) in [6.45, 7) is 2.54. The van der Waals surface area contributed by atoms with E-state index in [2.05, 4.69) is 25.4 Å². The average molecular weight is 557 g/mol. The van der Waals surface area contributed by atoms with Crippen LogP contribution in [-0.2, 0) is 22.3 Å². The van der Waals surface area contributed by atoms with Crippen molar-refractivity contribution in [2.24, 2.45) is 4.99 Å². The van der Waals surface area contributed by atoms with Crippen LogP contribution in [0.2, 0.25) is 0 Å². The van der Waals surface area contributed by atoms with Crippen LogP contribution in [0.4, 0.5) is 23.8 Å². The van der Waals surface area contributed by atoms with E-state index in [-0.39, 0.29) is 35.9 Å². The molecule has 12 nitrogen and oxygen atoms in total. The Morgan fingerprint density at radius 1 is 1.18 bits per heavy atom. The lowest BCUT2D eigenvalue weighted by atomic mass is 10.1. The molecule has 0 aliphatic carbocycles. The molecule has 2 aliphatic rings. The molecule has 2 atom stereocenters. The van der Waals surface area contributed by atoms with Gasteiger partial charge in [-0.3, -0.25) is 19.5 Å². The Labute approximate surface area is 225 Å². The number of amides is 4. The van der Waals surface area contributed by atoms with E-state index in [4.69, 9.17) is 4.52 Å². The van der Waals surface area contributed by atoms with Crippen LogP contribution in [0.3, 0.4) is 0 Å². The zero-order valence-electron chi connectivity index (χ0n) is 21.5. The van der Waals surface area contributed by atoms with Crippen LogP contribution in [0.5, 0.6) is 0 Å². The predicted molar refractivity (Wildman–Crippen MR) is 134 cm³/mol. The fourth-order valence-electron chi connectivity index (χ4n) is 4.53. The molecule has 0 spiro atoms. The van der Waals surface area contributed by atoms with Crippen LogP contribution in [0, 0.1) is 13.8 Å². The molecule has 3 aromatic heterocycles. The van der Waals surface area contributed by atoms with Gasteiger partial charge in [0.2, 0.25) is 5.91 Å². The number of aromatic nitrogens is 3. The quantitative estimate of drug-likeness (QED) is 0.490. The second-order valence-corrected chi connectivity index (χ2v) is 9.35. The summed E-state index contributed by atoms with van der Waals surface area (Å²) in [5.41, 5.74) is -0.333. The lowest BCUT2D eigenvalue weighted by Crippen LogP contribution is -2.64. The molecule has 15 heteroatoms. The third kappa shape index (κ3) is 5.09. The van der Waals surface area contributed by atoms with E-state index in [1.54, 1.807) is 13.0 Å². The van der Waals surface area contributed by atoms with E-state index in [1.807, 2.05) is 0 Å². The number of pyridine rings is 2. The molecule has 208 valence electrons. The number of hydrogen-bond donors (Lipinski definition) is 1. The number of carbonyl (C=O) groups excluding carboxylic acids is 3. The number of anilines is 1. The van der Waals surface area contributed by atoms with E-state index in [9.17, 15) is 27.6 Å². The van der Waals surface area contributed by atoms with Gasteiger partial charge in [-0.2, -0.15) is 13.2 Å². The van der Waals surface area contributed by atoms with Crippen molar-refractivity contribution in [3.05, 3.63) is 59.2 Å². The number of urea groups is 1. The molecule has 2 unspecified atom stereocenters. The normalized spacial score (nSPS) is 18.9. The van der Waals surface area contributed by atoms with Gasteiger partial charge in [0.15, 0.2) is 12.2 Å². The third-order valence-electron chi connectivity index (χ3n) is 6.48. The maximum Gasteiger partial charge on any atom is 0.418 e. The van der Waals surface area contributed by atoms with Gasteiger partial charge in [-0.05, 0) is 32.0 Å². The first-order valence-electron chi connectivity index (χ1n) is 12.0. The summed E-state index contributed by atoms with van der Waals surface area (Å²) in [4.78, 5) is 55.1. The highest BCUT2D eigenvalue weighted by atomic mass is 19.4. The summed E-state index contributed by atoms with van der Waals surface area (Å²) < 4.78 is 45.0. The topological polar surface area (TPSA) is 137 Å². The van der Waals surface area contributed by atoms with E-state index in [0.29, 0.717) is 11.5 Å². The van der Waals surface area contributed by atoms with Gasteiger partial charge in [0.25, 0.3) is 5.91 Å². The van der Waals surface area contributed by atoms with Crippen molar-refractivity contribution in [3.8, 4) is 11.3 Å². The number of nitrogens with zero attached hydrogens (tertiary/aromatic N) is 7. The van der Waals surface area contributed by atoms with E-state index >= 15 is 0 Å². The summed E-state index contributed by atoms with van der Waals surface area (Å²) in [7, 11) is 1.51. The van der Waals surface area contributed by atoms with E-state index in [0.717, 1.165) is 11.0 Å². The summed E-state index contributed by atoms with van der Waals surface area (Å²) in [6, 6.07) is 5.58. The minimum Gasteiger partial charge on any atom is -0.361 e. The lowest BCUT2D eigenvalue weighted by Gasteiger charge is -2.40. The molecular formula is C25H23F3N8O4. The number of halogens is 3. The first-order valence-corrected chi connectivity index (χ1v) is 12.0. The summed E-state index contributed by atoms with van der Waals surface area (Å²) in [6.07, 6.45) is -2.78. The van der Waals surface area contributed by atoms with Gasteiger partial charge in [0.05, 0.1) is 30.7 Å². The Kier molecular flexibility index (Phi) is 6.73. The number of rotatable bonds is 6. The Balaban J connectivity index is 1.29. The molecule has 0 bridgehead atoms. The summed E-state index contributed by atoms with van der Waals surface area (Å²) in [5, 5.41) is 6.43. The van der Waals surface area contributed by atoms with Gasteiger partial charge >= 0.3 is 12.2 Å². The number of alkyl halides is 3. The van der Waals surface area contributed by atoms with Crippen molar-refractivity contribution in [2.45, 2.75) is 38.8 Å². The van der Waals surface area contributed by atoms with Crippen LogP contribution < -0.4 is 5.32 Å². The largest absolute Gasteiger partial charge is 0.418 e. The smallest absolute Gasteiger partial charge is 0.361 e. The highest BCUT2D eigenvalue weighted by molar-refractivity contribution is 6.03. The lowest BCUT2D eigenvalue weighted by molar-refractivity contribution is -0.139. The van der Waals surface area contributed by atoms with Gasteiger partial charge < -0.3 is 19.6 Å². The monoisotopic (exact) mass is 556 g/mol. The molecule has 3 aromatic rings. The van der Waals surface area contributed by atoms with Crippen LogP contribution in [0.25, 0.3) is 11.3 Å². The molecule has 1 saturated heterocycles. The van der Waals surface area contributed by atoms with Gasteiger partial charge in [-0.15, -0.1) is 0 Å². The molecule has 5 heterocycles. The molecule has 0 aromatic carbocycles. The number of carbonyl (C=O) groups is 3. The van der Waals surface area contributed by atoms with Crippen molar-refractivity contribution in [3.63, 3.8) is 0 Å². The molecule has 4 amide bonds. The standard InChI is InChI=1S/C25H23F3N8O4/c1-13-7-16(33-40-13)10-36-23(38)21-22(34(3)24(36)39)30-12-35(21)11-20(37)32-19-6-4-5-18(31-19)15-8-17(25(26,27)28)14(2)29-9-15/h4-9,12,21-22H,10-11H2,1-3H3,(H,31,32,37). The van der Waals surface area contributed by atoms with E-state index in [1.165, 1.54) is 54.5 Å². The Bertz CT molecular complexity index is 1520. The minimum absolute atomic E-state index is 0.0922. The Hall–Kier alpha value is -4.82. The summed E-state index contributed by atoms with van der Waals surface area (Å²) in [5.74, 6) is -0.486. The van der Waals surface area contributed by atoms with Crippen LogP contribution in [0.15, 0.2) is 46.0 Å². The van der Waals surface area contributed by atoms with Crippen molar-refractivity contribution in [1.82, 2.24) is 29.8 Å². The molecule has 1 N–H and O–H groups in total. The number of hydrogen-bond acceptors (Lipinski definition) is 9. The maximum absolute atomic E-state index is 13.3. The number of nitrogens with one attached hydrogen (secondary N) is 1. The predicted octanol–water partition coefficient (Wildman–Crippen LogP) is 2.84. The number of aliphatic imine (C=N–C) groups is 1. The molecule has 5 rings (SSSR count). The fraction of sp³-hybridized carbons (Fsp3) is 0.320. The number of imide groups is 1. The molecule has 1 fully saturated rings. The Morgan fingerprint density at radius 3 is 2.65 bits per heavy atom. The molecule has 0 saturated carbocycles. The molecular weight excluding hydrogens is 533 g/mol. The Morgan fingerprint density at radius 2 is 1.95 bits per heavy atom. The number of likely N-dealkylation sites (N-methyl/N-ethyl adjacent to an activating group) is 1. The van der Waals surface area contributed by atoms with Crippen molar-refractivity contribution in [1.29, 1.82) is 0 Å². The molecule has 0 radical (unpaired) electrons. The van der Waals surface area contributed by atoms with Crippen LogP contribution in [0.1, 0.15) is 22.7 Å². The first-order chi connectivity index (χ1) is 18.9. The zero-order valence-corrected chi connectivity index (χ0v) is 21.5. The fourth-order valence-corrected chi connectivity index (χ4v) is 4.53. The summed E-state index contributed by atoms with van der Waals surface area (Å²) >= 11 is 0. The van der Waals surface area contributed by atoms with Gasteiger partial charge in [-0.25, -0.2) is 14.8 Å². The first kappa shape index (κ1) is 26.8. The number of fused-ring (bicyclic) bond motifs is 1. The minimum atomic E-state index is -4.58. The second-order valence-electron chi connectivity index (χ2n) is 9.35. The zero-order chi connectivity index (χ0) is 28.8. The van der Waals surface area contributed by atoms with Crippen molar-refractivity contribution < 1.29 is 32.1 Å².